The highest BCUT2D eigenvalue weighted by molar-refractivity contribution is 5.86. The standard InChI is InChI=1S/C15H19N3O/c1-18-9-7-13(8-10-18)17-15(19)14(11-16)12-5-3-2-4-6-12/h2-6,13-14H,7-10H2,1H3,(H,17,19). The fraction of sp³-hybridized carbons (Fsp3) is 0.467. The average Bonchev–Trinajstić information content (AvgIpc) is 2.43. The smallest absolute Gasteiger partial charge is 0.242 e. The molecule has 19 heavy (non-hydrogen) atoms. The molecule has 0 spiro atoms. The zero-order valence-corrected chi connectivity index (χ0v) is 11.2. The van der Waals surface area contributed by atoms with Crippen LogP contribution < -0.4 is 5.32 Å². The predicted molar refractivity (Wildman–Crippen MR) is 73.5 cm³/mol. The molecule has 1 N–H and O–H groups in total. The lowest BCUT2D eigenvalue weighted by Crippen LogP contribution is -2.44. The van der Waals surface area contributed by atoms with Gasteiger partial charge in [0.05, 0.1) is 6.07 Å². The number of piperidine rings is 1. The second kappa shape index (κ2) is 6.35. The number of carbonyl (C=O) groups is 1. The van der Waals surface area contributed by atoms with Gasteiger partial charge in [-0.05, 0) is 38.5 Å². The van der Waals surface area contributed by atoms with E-state index >= 15 is 0 Å². The van der Waals surface area contributed by atoms with Crippen LogP contribution in [0.3, 0.4) is 0 Å². The van der Waals surface area contributed by atoms with Gasteiger partial charge in [-0.3, -0.25) is 4.79 Å². The van der Waals surface area contributed by atoms with E-state index in [9.17, 15) is 10.1 Å². The predicted octanol–water partition coefficient (Wildman–Crippen LogP) is 1.50. The molecule has 1 aliphatic rings. The summed E-state index contributed by atoms with van der Waals surface area (Å²) in [6.45, 7) is 1.99. The van der Waals surface area contributed by atoms with Gasteiger partial charge >= 0.3 is 0 Å². The van der Waals surface area contributed by atoms with Crippen molar-refractivity contribution in [1.82, 2.24) is 10.2 Å². The molecule has 1 aliphatic heterocycles. The van der Waals surface area contributed by atoms with Crippen molar-refractivity contribution >= 4 is 5.91 Å². The Morgan fingerprint density at radius 3 is 2.58 bits per heavy atom. The van der Waals surface area contributed by atoms with Crippen LogP contribution in [0.4, 0.5) is 0 Å². The minimum atomic E-state index is -0.708. The van der Waals surface area contributed by atoms with E-state index in [0.29, 0.717) is 0 Å². The SMILES string of the molecule is CN1CCC(NC(=O)C(C#N)c2ccccc2)CC1. The van der Waals surface area contributed by atoms with Gasteiger partial charge in [-0.2, -0.15) is 5.26 Å². The highest BCUT2D eigenvalue weighted by Gasteiger charge is 2.24. The normalized spacial score (nSPS) is 18.5. The number of nitrogens with one attached hydrogen (secondary N) is 1. The number of nitriles is 1. The number of benzene rings is 1. The Morgan fingerprint density at radius 1 is 1.37 bits per heavy atom. The molecule has 4 heteroatoms. The van der Waals surface area contributed by atoms with Gasteiger partial charge in [0.15, 0.2) is 0 Å². The van der Waals surface area contributed by atoms with E-state index < -0.39 is 5.92 Å². The van der Waals surface area contributed by atoms with Crippen molar-refractivity contribution in [3.8, 4) is 6.07 Å². The Bertz CT molecular complexity index is 458. The third kappa shape index (κ3) is 3.55. The molecule has 1 aromatic rings. The molecule has 100 valence electrons. The maximum Gasteiger partial charge on any atom is 0.242 e. The first-order chi connectivity index (χ1) is 9.20. The van der Waals surface area contributed by atoms with E-state index in [1.54, 1.807) is 0 Å². The van der Waals surface area contributed by atoms with Gasteiger partial charge in [-0.15, -0.1) is 0 Å². The number of hydrogen-bond donors (Lipinski definition) is 1. The van der Waals surface area contributed by atoms with Crippen molar-refractivity contribution in [2.24, 2.45) is 0 Å². The number of likely N-dealkylation sites (tertiary alicyclic amines) is 1. The van der Waals surface area contributed by atoms with Crippen LogP contribution in [0.25, 0.3) is 0 Å². The maximum absolute atomic E-state index is 12.2. The lowest BCUT2D eigenvalue weighted by atomic mass is 9.98. The summed E-state index contributed by atoms with van der Waals surface area (Å²) in [5, 5.41) is 12.2. The maximum atomic E-state index is 12.2. The van der Waals surface area contributed by atoms with Crippen LogP contribution in [0.5, 0.6) is 0 Å². The van der Waals surface area contributed by atoms with E-state index in [4.69, 9.17) is 0 Å². The molecule has 1 atom stereocenters. The van der Waals surface area contributed by atoms with E-state index in [0.717, 1.165) is 31.5 Å². The Balaban J connectivity index is 1.97. The van der Waals surface area contributed by atoms with Crippen LogP contribution in [-0.2, 0) is 4.79 Å². The van der Waals surface area contributed by atoms with Gasteiger partial charge in [0.2, 0.25) is 5.91 Å². The minimum absolute atomic E-state index is 0.178. The number of nitrogens with zero attached hydrogens (tertiary/aromatic N) is 2. The van der Waals surface area contributed by atoms with E-state index in [-0.39, 0.29) is 11.9 Å². The van der Waals surface area contributed by atoms with Gasteiger partial charge in [0, 0.05) is 6.04 Å². The molecule has 1 aromatic carbocycles. The second-order valence-corrected chi connectivity index (χ2v) is 5.06. The Labute approximate surface area is 114 Å². The molecule has 1 amide bonds. The highest BCUT2D eigenvalue weighted by Crippen LogP contribution is 2.16. The minimum Gasteiger partial charge on any atom is -0.352 e. The fourth-order valence-electron chi connectivity index (χ4n) is 2.37. The topological polar surface area (TPSA) is 56.1 Å². The van der Waals surface area contributed by atoms with Crippen molar-refractivity contribution in [2.45, 2.75) is 24.8 Å². The van der Waals surface area contributed by atoms with Crippen molar-refractivity contribution in [1.29, 1.82) is 5.26 Å². The van der Waals surface area contributed by atoms with Crippen LogP contribution in [0, 0.1) is 11.3 Å². The van der Waals surface area contributed by atoms with Gasteiger partial charge in [-0.25, -0.2) is 0 Å². The lowest BCUT2D eigenvalue weighted by Gasteiger charge is -2.30. The van der Waals surface area contributed by atoms with Crippen LogP contribution in [-0.4, -0.2) is 37.0 Å². The fourth-order valence-corrected chi connectivity index (χ4v) is 2.37. The summed E-state index contributed by atoms with van der Waals surface area (Å²) in [5.41, 5.74) is 0.760. The van der Waals surface area contributed by atoms with Crippen molar-refractivity contribution in [3.63, 3.8) is 0 Å². The van der Waals surface area contributed by atoms with Crippen LogP contribution >= 0.6 is 0 Å². The zero-order chi connectivity index (χ0) is 13.7. The lowest BCUT2D eigenvalue weighted by molar-refractivity contribution is -0.122. The van der Waals surface area contributed by atoms with E-state index in [1.165, 1.54) is 0 Å². The first-order valence-electron chi connectivity index (χ1n) is 6.64. The molecule has 0 bridgehead atoms. The summed E-state index contributed by atoms with van der Waals surface area (Å²) in [6.07, 6.45) is 1.91. The summed E-state index contributed by atoms with van der Waals surface area (Å²) < 4.78 is 0. The number of carbonyl (C=O) groups excluding carboxylic acids is 1. The molecule has 1 heterocycles. The average molecular weight is 257 g/mol. The molecule has 0 aliphatic carbocycles. The summed E-state index contributed by atoms with van der Waals surface area (Å²) in [4.78, 5) is 14.4. The Hall–Kier alpha value is -1.86. The van der Waals surface area contributed by atoms with Gasteiger partial charge < -0.3 is 10.2 Å². The largest absolute Gasteiger partial charge is 0.352 e. The first kappa shape index (κ1) is 13.6. The van der Waals surface area contributed by atoms with Crippen molar-refractivity contribution in [3.05, 3.63) is 35.9 Å². The molecular weight excluding hydrogens is 238 g/mol. The second-order valence-electron chi connectivity index (χ2n) is 5.06. The third-order valence-electron chi connectivity index (χ3n) is 3.59. The summed E-state index contributed by atoms with van der Waals surface area (Å²) >= 11 is 0. The van der Waals surface area contributed by atoms with E-state index in [2.05, 4.69) is 23.3 Å². The molecule has 4 nitrogen and oxygen atoms in total. The Kier molecular flexibility index (Phi) is 4.53. The summed E-state index contributed by atoms with van der Waals surface area (Å²) in [7, 11) is 2.08. The van der Waals surface area contributed by atoms with Gasteiger partial charge in [0.25, 0.3) is 0 Å². The monoisotopic (exact) mass is 257 g/mol. The molecule has 1 unspecified atom stereocenters. The number of rotatable bonds is 3. The van der Waals surface area contributed by atoms with Gasteiger partial charge in [0.1, 0.15) is 5.92 Å². The van der Waals surface area contributed by atoms with Crippen molar-refractivity contribution in [2.75, 3.05) is 20.1 Å². The summed E-state index contributed by atoms with van der Waals surface area (Å²) in [6, 6.07) is 11.5. The van der Waals surface area contributed by atoms with Crippen LogP contribution in [0.1, 0.15) is 24.3 Å². The number of hydrogen-bond acceptors (Lipinski definition) is 3. The number of amides is 1. The molecule has 0 saturated carbocycles. The quantitative estimate of drug-likeness (QED) is 0.893. The van der Waals surface area contributed by atoms with Gasteiger partial charge in [-0.1, -0.05) is 30.3 Å². The molecule has 1 fully saturated rings. The first-order valence-corrected chi connectivity index (χ1v) is 6.64. The third-order valence-corrected chi connectivity index (χ3v) is 3.59. The van der Waals surface area contributed by atoms with Crippen molar-refractivity contribution < 1.29 is 4.79 Å². The van der Waals surface area contributed by atoms with E-state index in [1.807, 2.05) is 30.3 Å². The molecule has 2 rings (SSSR count). The van der Waals surface area contributed by atoms with Crippen LogP contribution in [0.2, 0.25) is 0 Å². The van der Waals surface area contributed by atoms with Crippen LogP contribution in [0.15, 0.2) is 30.3 Å². The summed E-state index contributed by atoms with van der Waals surface area (Å²) in [5.74, 6) is -0.885. The molecule has 0 radical (unpaired) electrons. The molecule has 0 aromatic heterocycles. The molecule has 1 saturated heterocycles. The highest BCUT2D eigenvalue weighted by atomic mass is 16.1. The Morgan fingerprint density at radius 2 is 2.00 bits per heavy atom. The molecular formula is C15H19N3O. The zero-order valence-electron chi connectivity index (χ0n) is 11.2.